The van der Waals surface area contributed by atoms with E-state index in [2.05, 4.69) is 20.3 Å². The van der Waals surface area contributed by atoms with E-state index in [0.29, 0.717) is 17.0 Å². The fraction of sp³-hybridized carbons (Fsp3) is 0.643. The van der Waals surface area contributed by atoms with Crippen LogP contribution in [-0.4, -0.2) is 60.7 Å². The van der Waals surface area contributed by atoms with Crippen LogP contribution < -0.4 is 5.32 Å². The smallest absolute Gasteiger partial charge is 0.165 e. The van der Waals surface area contributed by atoms with E-state index >= 15 is 0 Å². The lowest BCUT2D eigenvalue weighted by atomic mass is 9.60. The largest absolute Gasteiger partial charge is 0.396 e. The maximum atomic E-state index is 10.5. The molecule has 2 fully saturated rings. The molecule has 0 unspecified atom stereocenters. The van der Waals surface area contributed by atoms with Gasteiger partial charge in [-0.05, 0) is 18.8 Å². The summed E-state index contributed by atoms with van der Waals surface area (Å²) in [5, 5.41) is 33.6. The highest BCUT2D eigenvalue weighted by Gasteiger charge is 2.64. The number of hydrogen-bond acceptors (Lipinski definition) is 7. The average molecular weight is 305 g/mol. The van der Waals surface area contributed by atoms with E-state index in [1.54, 1.807) is 13.4 Å². The zero-order chi connectivity index (χ0) is 15.5. The molecule has 0 radical (unpaired) electrons. The molecule has 0 amide bonds. The molecule has 0 aromatic carbocycles. The number of imidazole rings is 1. The first-order valence-electron chi connectivity index (χ1n) is 7.46. The van der Waals surface area contributed by atoms with Gasteiger partial charge >= 0.3 is 0 Å². The van der Waals surface area contributed by atoms with Crippen LogP contribution in [0.1, 0.15) is 18.9 Å². The van der Waals surface area contributed by atoms with Crippen molar-refractivity contribution in [3.05, 3.63) is 12.7 Å². The van der Waals surface area contributed by atoms with Crippen LogP contribution in [-0.2, 0) is 0 Å². The maximum absolute atomic E-state index is 10.5. The Labute approximate surface area is 126 Å². The first-order chi connectivity index (χ1) is 10.6. The molecule has 2 saturated carbocycles. The fourth-order valence-corrected chi connectivity index (χ4v) is 4.23. The molecule has 2 aromatic rings. The van der Waals surface area contributed by atoms with Crippen LogP contribution in [0.25, 0.3) is 11.2 Å². The SMILES string of the molecule is CNc1ncnc2c1ncn2[C@H]1[C@H](O)[C@H](O)[C@]2(CO)CC[C@H]12. The van der Waals surface area contributed by atoms with Gasteiger partial charge in [0.1, 0.15) is 17.9 Å². The van der Waals surface area contributed by atoms with Crippen LogP contribution >= 0.6 is 0 Å². The number of rotatable bonds is 3. The van der Waals surface area contributed by atoms with Crippen LogP contribution in [0, 0.1) is 11.3 Å². The summed E-state index contributed by atoms with van der Waals surface area (Å²) >= 11 is 0. The number of nitrogens with zero attached hydrogens (tertiary/aromatic N) is 4. The predicted octanol–water partition coefficient (Wildman–Crippen LogP) is -0.467. The third kappa shape index (κ3) is 1.49. The maximum Gasteiger partial charge on any atom is 0.165 e. The molecule has 4 rings (SSSR count). The minimum atomic E-state index is -0.940. The Hall–Kier alpha value is -1.77. The molecule has 2 heterocycles. The van der Waals surface area contributed by atoms with E-state index in [-0.39, 0.29) is 18.6 Å². The highest BCUT2D eigenvalue weighted by Crippen LogP contribution is 2.61. The van der Waals surface area contributed by atoms with Crippen molar-refractivity contribution in [3.8, 4) is 0 Å². The van der Waals surface area contributed by atoms with Gasteiger partial charge in [0.15, 0.2) is 11.5 Å². The highest BCUT2D eigenvalue weighted by atomic mass is 16.3. The molecule has 22 heavy (non-hydrogen) atoms. The molecule has 0 bridgehead atoms. The minimum absolute atomic E-state index is 0.0212. The first-order valence-corrected chi connectivity index (χ1v) is 7.46. The Balaban J connectivity index is 1.83. The number of fused-ring (bicyclic) bond motifs is 2. The molecule has 0 spiro atoms. The molecule has 0 saturated heterocycles. The van der Waals surface area contributed by atoms with Crippen molar-refractivity contribution in [1.82, 2.24) is 19.5 Å². The Bertz CT molecular complexity index is 716. The molecular weight excluding hydrogens is 286 g/mol. The summed E-state index contributed by atoms with van der Waals surface area (Å²) < 4.78 is 1.81. The number of aliphatic hydroxyl groups excluding tert-OH is 3. The van der Waals surface area contributed by atoms with E-state index in [0.717, 1.165) is 12.8 Å². The van der Waals surface area contributed by atoms with Gasteiger partial charge in [-0.2, -0.15) is 0 Å². The van der Waals surface area contributed by atoms with Crippen LogP contribution in [0.3, 0.4) is 0 Å². The van der Waals surface area contributed by atoms with Crippen molar-refractivity contribution in [3.63, 3.8) is 0 Å². The fourth-order valence-electron chi connectivity index (χ4n) is 4.23. The molecule has 118 valence electrons. The molecule has 4 N–H and O–H groups in total. The van der Waals surface area contributed by atoms with Crippen LogP contribution in [0.5, 0.6) is 0 Å². The van der Waals surface area contributed by atoms with E-state index in [9.17, 15) is 15.3 Å². The van der Waals surface area contributed by atoms with Gasteiger partial charge in [0.05, 0.1) is 25.1 Å². The van der Waals surface area contributed by atoms with Crippen molar-refractivity contribution in [2.45, 2.75) is 31.1 Å². The van der Waals surface area contributed by atoms with Gasteiger partial charge in [0.25, 0.3) is 0 Å². The summed E-state index contributed by atoms with van der Waals surface area (Å²) in [6.07, 6.45) is 2.81. The number of aliphatic hydroxyl groups is 3. The lowest BCUT2D eigenvalue weighted by Gasteiger charge is -2.46. The van der Waals surface area contributed by atoms with Crippen LogP contribution in [0.2, 0.25) is 0 Å². The molecular formula is C14H19N5O3. The van der Waals surface area contributed by atoms with Gasteiger partial charge in [0.2, 0.25) is 0 Å². The van der Waals surface area contributed by atoms with E-state index in [4.69, 9.17) is 0 Å². The summed E-state index contributed by atoms with van der Waals surface area (Å²) in [5.41, 5.74) is 0.656. The molecule has 2 aliphatic rings. The van der Waals surface area contributed by atoms with Gasteiger partial charge in [-0.3, -0.25) is 0 Å². The first kappa shape index (κ1) is 13.9. The van der Waals surface area contributed by atoms with Gasteiger partial charge < -0.3 is 25.2 Å². The average Bonchev–Trinajstić information content (AvgIpc) is 2.99. The Morgan fingerprint density at radius 3 is 2.77 bits per heavy atom. The minimum Gasteiger partial charge on any atom is -0.396 e. The molecule has 2 aromatic heterocycles. The highest BCUT2D eigenvalue weighted by molar-refractivity contribution is 5.82. The second-order valence-corrected chi connectivity index (χ2v) is 6.26. The van der Waals surface area contributed by atoms with Crippen LogP contribution in [0.15, 0.2) is 12.7 Å². The van der Waals surface area contributed by atoms with Crippen LogP contribution in [0.4, 0.5) is 5.82 Å². The monoisotopic (exact) mass is 305 g/mol. The third-order valence-electron chi connectivity index (χ3n) is 5.55. The molecule has 5 atom stereocenters. The number of hydrogen-bond donors (Lipinski definition) is 4. The summed E-state index contributed by atoms with van der Waals surface area (Å²) in [4.78, 5) is 12.8. The van der Waals surface area contributed by atoms with Crippen molar-refractivity contribution < 1.29 is 15.3 Å². The Morgan fingerprint density at radius 2 is 2.18 bits per heavy atom. The van der Waals surface area contributed by atoms with Crippen molar-refractivity contribution in [2.24, 2.45) is 11.3 Å². The summed E-state index contributed by atoms with van der Waals surface area (Å²) in [5.74, 6) is 0.645. The van der Waals surface area contributed by atoms with Gasteiger partial charge in [0, 0.05) is 12.5 Å². The number of nitrogens with one attached hydrogen (secondary N) is 1. The van der Waals surface area contributed by atoms with E-state index in [1.807, 2.05) is 4.57 Å². The van der Waals surface area contributed by atoms with E-state index < -0.39 is 17.6 Å². The zero-order valence-electron chi connectivity index (χ0n) is 12.2. The van der Waals surface area contributed by atoms with Crippen molar-refractivity contribution in [1.29, 1.82) is 0 Å². The number of anilines is 1. The molecule has 8 heteroatoms. The third-order valence-corrected chi connectivity index (χ3v) is 5.55. The summed E-state index contributed by atoms with van der Waals surface area (Å²) in [7, 11) is 1.76. The van der Waals surface area contributed by atoms with Crippen molar-refractivity contribution >= 4 is 17.0 Å². The standard InChI is InChI=1S/C14H19N5O3/c1-15-12-8-13(17-5-16-12)19(6-18-8)9-7-2-3-14(7,4-20)11(22)10(9)21/h5-7,9-11,20-22H,2-4H2,1H3,(H,15,16,17)/t7-,9-,10+,11+,14+/m1/s1. The molecule has 2 aliphatic carbocycles. The predicted molar refractivity (Wildman–Crippen MR) is 78.2 cm³/mol. The second kappa shape index (κ2) is 4.61. The summed E-state index contributed by atoms with van der Waals surface area (Å²) in [6.45, 7) is -0.115. The Morgan fingerprint density at radius 1 is 1.36 bits per heavy atom. The zero-order valence-corrected chi connectivity index (χ0v) is 12.2. The molecule has 0 aliphatic heterocycles. The van der Waals surface area contributed by atoms with E-state index in [1.165, 1.54) is 6.33 Å². The van der Waals surface area contributed by atoms with Gasteiger partial charge in [-0.1, -0.05) is 0 Å². The normalized spacial score (nSPS) is 37.1. The van der Waals surface area contributed by atoms with Gasteiger partial charge in [-0.15, -0.1) is 0 Å². The topological polar surface area (TPSA) is 116 Å². The lowest BCUT2D eigenvalue weighted by molar-refractivity contribution is -0.0989. The quantitative estimate of drug-likeness (QED) is 0.606. The lowest BCUT2D eigenvalue weighted by Crippen LogP contribution is -2.48. The van der Waals surface area contributed by atoms with Crippen molar-refractivity contribution in [2.75, 3.05) is 19.0 Å². The van der Waals surface area contributed by atoms with Gasteiger partial charge in [-0.25, -0.2) is 15.0 Å². The second-order valence-electron chi connectivity index (χ2n) is 6.26. The number of aromatic nitrogens is 4. The molecule has 8 nitrogen and oxygen atoms in total. The Kier molecular flexibility index (Phi) is 2.91. The summed E-state index contributed by atoms with van der Waals surface area (Å²) in [6, 6.07) is -0.333.